The summed E-state index contributed by atoms with van der Waals surface area (Å²) in [7, 11) is 2.40. The van der Waals surface area contributed by atoms with E-state index in [1.54, 1.807) is 30.5 Å². The van der Waals surface area contributed by atoms with E-state index in [1.807, 2.05) is 6.07 Å². The molecule has 2 aromatic heterocycles. The number of benzene rings is 1. The average Bonchev–Trinajstić information content (AvgIpc) is 2.72. The monoisotopic (exact) mass is 382 g/mol. The number of esters is 2. The molecule has 2 N–H and O–H groups in total. The van der Waals surface area contributed by atoms with Crippen molar-refractivity contribution in [2.75, 3.05) is 14.2 Å². The highest BCUT2D eigenvalue weighted by atomic mass is 16.5. The Hall–Kier alpha value is -3.68. The highest BCUT2D eigenvalue weighted by molar-refractivity contribution is 5.92. The highest BCUT2D eigenvalue weighted by Gasteiger charge is 2.28. The summed E-state index contributed by atoms with van der Waals surface area (Å²) < 4.78 is 9.39. The van der Waals surface area contributed by atoms with Gasteiger partial charge in [-0.05, 0) is 23.8 Å². The number of aromatic nitrogens is 2. The maximum atomic E-state index is 12.5. The molecule has 2 heterocycles. The predicted octanol–water partition coefficient (Wildman–Crippen LogP) is 2.11. The van der Waals surface area contributed by atoms with Crippen molar-refractivity contribution in [3.63, 3.8) is 0 Å². The molecule has 0 aliphatic heterocycles. The Balaban J connectivity index is 2.21. The van der Waals surface area contributed by atoms with E-state index in [2.05, 4.69) is 14.7 Å². The molecule has 3 aromatic rings. The maximum Gasteiger partial charge on any atom is 0.343 e. The molecule has 0 aliphatic rings. The van der Waals surface area contributed by atoms with Gasteiger partial charge in [0.15, 0.2) is 0 Å². The number of aromatic hydroxyl groups is 1. The molecule has 144 valence electrons. The van der Waals surface area contributed by atoms with Gasteiger partial charge in [0.2, 0.25) is 0 Å². The first-order valence-corrected chi connectivity index (χ1v) is 8.40. The van der Waals surface area contributed by atoms with Crippen LogP contribution in [-0.4, -0.2) is 41.2 Å². The number of aromatic amines is 1. The predicted molar refractivity (Wildman–Crippen MR) is 100 cm³/mol. The van der Waals surface area contributed by atoms with E-state index in [1.165, 1.54) is 7.11 Å². The van der Waals surface area contributed by atoms with Gasteiger partial charge in [-0.25, -0.2) is 4.79 Å². The Labute approximate surface area is 159 Å². The van der Waals surface area contributed by atoms with Crippen molar-refractivity contribution in [2.45, 2.75) is 12.3 Å². The molecule has 0 amide bonds. The second-order valence-electron chi connectivity index (χ2n) is 6.07. The van der Waals surface area contributed by atoms with Gasteiger partial charge in [0.1, 0.15) is 11.3 Å². The first kappa shape index (κ1) is 19.1. The molecule has 0 radical (unpaired) electrons. The first-order chi connectivity index (χ1) is 13.5. The van der Waals surface area contributed by atoms with Gasteiger partial charge in [-0.3, -0.25) is 14.6 Å². The van der Waals surface area contributed by atoms with Crippen LogP contribution in [0.5, 0.6) is 5.75 Å². The van der Waals surface area contributed by atoms with Gasteiger partial charge in [0, 0.05) is 23.7 Å². The van der Waals surface area contributed by atoms with Gasteiger partial charge >= 0.3 is 11.9 Å². The number of nitrogens with one attached hydrogen (secondary N) is 1. The van der Waals surface area contributed by atoms with Crippen LogP contribution in [0.15, 0.2) is 47.5 Å². The molecule has 0 saturated carbocycles. The molecule has 3 rings (SSSR count). The van der Waals surface area contributed by atoms with E-state index in [0.717, 1.165) is 24.2 Å². The average molecular weight is 382 g/mol. The third-order valence-corrected chi connectivity index (χ3v) is 4.48. The Bertz CT molecular complexity index is 1110. The van der Waals surface area contributed by atoms with Crippen LogP contribution in [0.25, 0.3) is 10.9 Å². The zero-order valence-electron chi connectivity index (χ0n) is 15.3. The van der Waals surface area contributed by atoms with Crippen LogP contribution in [0.3, 0.4) is 0 Å². The number of methoxy groups -OCH3 is 2. The topological polar surface area (TPSA) is 119 Å². The summed E-state index contributed by atoms with van der Waals surface area (Å²) in [6.07, 6.45) is 2.53. The van der Waals surface area contributed by atoms with Gasteiger partial charge in [-0.15, -0.1) is 0 Å². The van der Waals surface area contributed by atoms with Crippen LogP contribution in [0.2, 0.25) is 0 Å². The standard InChI is InChI=1S/C20H18N2O6/c1-27-16(23)9-13(11-5-6-15-12(8-11)4-3-7-21-15)17-18(24)14(20(26)28-2)10-22-19(17)25/h3-8,10,13H,9H2,1-2H3,(H2,22,24,25)/t13-/m1/s1. The van der Waals surface area contributed by atoms with Crippen molar-refractivity contribution in [2.24, 2.45) is 0 Å². The van der Waals surface area contributed by atoms with Crippen molar-refractivity contribution in [3.05, 3.63) is 69.8 Å². The molecule has 1 atom stereocenters. The smallest absolute Gasteiger partial charge is 0.343 e. The molecule has 8 nitrogen and oxygen atoms in total. The van der Waals surface area contributed by atoms with Crippen LogP contribution in [0.4, 0.5) is 0 Å². The van der Waals surface area contributed by atoms with E-state index >= 15 is 0 Å². The van der Waals surface area contributed by atoms with Crippen LogP contribution in [-0.2, 0) is 14.3 Å². The summed E-state index contributed by atoms with van der Waals surface area (Å²) in [5, 5.41) is 11.4. The largest absolute Gasteiger partial charge is 0.506 e. The van der Waals surface area contributed by atoms with E-state index < -0.39 is 29.2 Å². The number of hydrogen-bond acceptors (Lipinski definition) is 7. The van der Waals surface area contributed by atoms with Gasteiger partial charge in [-0.1, -0.05) is 12.1 Å². The number of ether oxygens (including phenoxy) is 2. The van der Waals surface area contributed by atoms with Crippen LogP contribution in [0.1, 0.15) is 33.8 Å². The van der Waals surface area contributed by atoms with Crippen molar-refractivity contribution in [1.29, 1.82) is 0 Å². The molecule has 0 unspecified atom stereocenters. The summed E-state index contributed by atoms with van der Waals surface area (Å²) in [5.41, 5.74) is 0.398. The number of H-pyrrole nitrogens is 1. The van der Waals surface area contributed by atoms with Crippen molar-refractivity contribution in [1.82, 2.24) is 9.97 Å². The van der Waals surface area contributed by atoms with Gasteiger partial charge in [0.05, 0.1) is 31.7 Å². The van der Waals surface area contributed by atoms with Crippen LogP contribution < -0.4 is 5.56 Å². The second kappa shape index (κ2) is 7.91. The fourth-order valence-corrected chi connectivity index (χ4v) is 3.07. The fourth-order valence-electron chi connectivity index (χ4n) is 3.07. The van der Waals surface area contributed by atoms with Crippen molar-refractivity contribution >= 4 is 22.8 Å². The van der Waals surface area contributed by atoms with E-state index in [-0.39, 0.29) is 17.5 Å². The molecule has 0 saturated heterocycles. The molecule has 0 spiro atoms. The SMILES string of the molecule is COC(=O)C[C@H](c1ccc2ncccc2c1)c1c(O)c(C(=O)OC)c[nH]c1=O. The number of pyridine rings is 2. The summed E-state index contributed by atoms with van der Waals surface area (Å²) in [4.78, 5) is 43.1. The quantitative estimate of drug-likeness (QED) is 0.649. The summed E-state index contributed by atoms with van der Waals surface area (Å²) in [5.74, 6) is -2.76. The minimum Gasteiger partial charge on any atom is -0.506 e. The molecule has 0 aliphatic carbocycles. The number of fused-ring (bicyclic) bond motifs is 1. The first-order valence-electron chi connectivity index (χ1n) is 8.40. The summed E-state index contributed by atoms with van der Waals surface area (Å²) in [6.45, 7) is 0. The van der Waals surface area contributed by atoms with Crippen LogP contribution in [0, 0.1) is 0 Å². The lowest BCUT2D eigenvalue weighted by Crippen LogP contribution is -2.22. The third kappa shape index (κ3) is 3.57. The Morgan fingerprint density at radius 3 is 2.71 bits per heavy atom. The Kier molecular flexibility index (Phi) is 5.39. The molecule has 0 bridgehead atoms. The Morgan fingerprint density at radius 2 is 2.00 bits per heavy atom. The van der Waals surface area contributed by atoms with Gasteiger partial charge in [-0.2, -0.15) is 0 Å². The number of carbonyl (C=O) groups excluding carboxylic acids is 2. The molecular formula is C20H18N2O6. The number of hydrogen-bond donors (Lipinski definition) is 2. The minimum atomic E-state index is -0.842. The molecular weight excluding hydrogens is 364 g/mol. The Morgan fingerprint density at radius 1 is 1.21 bits per heavy atom. The maximum absolute atomic E-state index is 12.5. The highest BCUT2D eigenvalue weighted by Crippen LogP contribution is 2.34. The van der Waals surface area contributed by atoms with Crippen molar-refractivity contribution < 1.29 is 24.2 Å². The van der Waals surface area contributed by atoms with Crippen LogP contribution >= 0.6 is 0 Å². The van der Waals surface area contributed by atoms with Gasteiger partial charge < -0.3 is 19.6 Å². The molecule has 0 fully saturated rings. The lowest BCUT2D eigenvalue weighted by atomic mass is 9.87. The lowest BCUT2D eigenvalue weighted by molar-refractivity contribution is -0.140. The lowest BCUT2D eigenvalue weighted by Gasteiger charge is -2.18. The second-order valence-corrected chi connectivity index (χ2v) is 6.07. The van der Waals surface area contributed by atoms with E-state index in [9.17, 15) is 19.5 Å². The fraction of sp³-hybridized carbons (Fsp3) is 0.200. The third-order valence-electron chi connectivity index (χ3n) is 4.48. The van der Waals surface area contributed by atoms with E-state index in [4.69, 9.17) is 4.74 Å². The summed E-state index contributed by atoms with van der Waals surface area (Å²) in [6, 6.07) is 8.86. The number of rotatable bonds is 5. The van der Waals surface area contributed by atoms with Crippen molar-refractivity contribution in [3.8, 4) is 5.75 Å². The minimum absolute atomic E-state index is 0.114. The normalized spacial score (nSPS) is 11.8. The summed E-state index contributed by atoms with van der Waals surface area (Å²) >= 11 is 0. The zero-order chi connectivity index (χ0) is 20.3. The zero-order valence-corrected chi connectivity index (χ0v) is 15.3. The number of carbonyl (C=O) groups is 2. The molecule has 8 heteroatoms. The van der Waals surface area contributed by atoms with Gasteiger partial charge in [0.25, 0.3) is 5.56 Å². The number of nitrogens with zero attached hydrogens (tertiary/aromatic N) is 1. The molecule has 28 heavy (non-hydrogen) atoms. The van der Waals surface area contributed by atoms with E-state index in [0.29, 0.717) is 5.56 Å². The molecule has 1 aromatic carbocycles.